The van der Waals surface area contributed by atoms with E-state index in [1.165, 1.54) is 4.86 Å². The van der Waals surface area contributed by atoms with Crippen LogP contribution in [0.15, 0.2) is 10.9 Å². The van der Waals surface area contributed by atoms with Crippen molar-refractivity contribution in [3.63, 3.8) is 0 Å². The molecule has 0 aliphatic carbocycles. The zero-order valence-corrected chi connectivity index (χ0v) is 7.11. The van der Waals surface area contributed by atoms with E-state index in [-0.39, 0.29) is 0 Å². The van der Waals surface area contributed by atoms with Crippen molar-refractivity contribution in [3.8, 4) is 0 Å². The number of allylic oxidation sites excluding steroid dienone is 1. The van der Waals surface area contributed by atoms with Crippen LogP contribution in [0, 0.1) is 0 Å². The van der Waals surface area contributed by atoms with Gasteiger partial charge in [0.15, 0.2) is 0 Å². The molecule has 0 aromatic rings. The predicted octanol–water partition coefficient (Wildman–Crippen LogP) is 2.40. The van der Waals surface area contributed by atoms with Crippen LogP contribution < -0.4 is 0 Å². The molecule has 0 aliphatic rings. The molecule has 0 aromatic heterocycles. The second kappa shape index (κ2) is 3.31. The first-order valence-corrected chi connectivity index (χ1v) is 7.18. The molecular formula is C5H8AsF3. The Kier molecular flexibility index (Phi) is 3.34. The summed E-state index contributed by atoms with van der Waals surface area (Å²) in [5, 5.41) is 0. The molecule has 0 heterocycles. The molecule has 0 saturated carbocycles. The summed E-state index contributed by atoms with van der Waals surface area (Å²) in [5.41, 5.74) is 3.68. The van der Waals surface area contributed by atoms with Crippen molar-refractivity contribution in [2.24, 2.45) is 0 Å². The Morgan fingerprint density at radius 1 is 1.22 bits per heavy atom. The summed E-state index contributed by atoms with van der Waals surface area (Å²) in [6, 6.07) is 0. The first kappa shape index (κ1) is 9.09. The van der Waals surface area contributed by atoms with Gasteiger partial charge >= 0.3 is 56.4 Å². The van der Waals surface area contributed by atoms with E-state index in [0.717, 1.165) is 0 Å². The van der Waals surface area contributed by atoms with E-state index >= 15 is 0 Å². The Bertz CT molecular complexity index is 103. The molecule has 0 unspecified atom stereocenters. The summed E-state index contributed by atoms with van der Waals surface area (Å²) < 4.78 is 34.1. The molecule has 9 heavy (non-hydrogen) atoms. The van der Waals surface area contributed by atoms with Gasteiger partial charge in [-0.05, 0) is 0 Å². The molecule has 0 spiro atoms. The summed E-state index contributed by atoms with van der Waals surface area (Å²) in [4.78, 5) is 1.27. The summed E-state index contributed by atoms with van der Waals surface area (Å²) in [7, 11) is 0. The van der Waals surface area contributed by atoms with Crippen molar-refractivity contribution >= 4 is 14.7 Å². The number of hydrogen-bond acceptors (Lipinski definition) is 0. The van der Waals surface area contributed by atoms with Crippen molar-refractivity contribution in [1.29, 1.82) is 0 Å². The summed E-state index contributed by atoms with van der Waals surface area (Å²) in [6.45, 7) is 0. The third kappa shape index (κ3) is 8.09. The van der Waals surface area contributed by atoms with Crippen LogP contribution in [0.25, 0.3) is 0 Å². The Morgan fingerprint density at radius 3 is 1.78 bits per heavy atom. The fourth-order valence-electron chi connectivity index (χ4n) is 0.234. The minimum atomic E-state index is -4.11. The Morgan fingerprint density at radius 2 is 1.67 bits per heavy atom. The van der Waals surface area contributed by atoms with Gasteiger partial charge in [-0.15, -0.1) is 0 Å². The van der Waals surface area contributed by atoms with Crippen LogP contribution in [0.5, 0.6) is 0 Å². The monoisotopic (exact) mass is 200 g/mol. The van der Waals surface area contributed by atoms with E-state index in [2.05, 4.69) is 0 Å². The van der Waals surface area contributed by atoms with Gasteiger partial charge in [0.25, 0.3) is 0 Å². The van der Waals surface area contributed by atoms with E-state index in [1.807, 2.05) is 11.4 Å². The molecule has 0 atom stereocenters. The van der Waals surface area contributed by atoms with Crippen LogP contribution in [0.3, 0.4) is 0 Å². The molecule has 0 amide bonds. The van der Waals surface area contributed by atoms with Crippen molar-refractivity contribution < 1.29 is 13.2 Å². The quantitative estimate of drug-likeness (QED) is 0.570. The number of hydrogen-bond donors (Lipinski definition) is 0. The van der Waals surface area contributed by atoms with E-state index in [9.17, 15) is 13.2 Å². The summed E-state index contributed by atoms with van der Waals surface area (Å²) >= 11 is -1.23. The molecule has 0 saturated heterocycles. The zero-order valence-electron chi connectivity index (χ0n) is 5.24. The molecule has 0 N–H and O–H groups in total. The molecule has 0 bridgehead atoms. The van der Waals surface area contributed by atoms with Crippen LogP contribution in [0.4, 0.5) is 13.2 Å². The average Bonchev–Trinajstić information content (AvgIpc) is 1.59. The first-order valence-electron chi connectivity index (χ1n) is 2.34. The van der Waals surface area contributed by atoms with Gasteiger partial charge in [-0.25, -0.2) is 0 Å². The molecule has 0 aromatic carbocycles. The number of rotatable bonds is 1. The van der Waals surface area contributed by atoms with Crippen molar-refractivity contribution in [2.75, 3.05) is 0 Å². The van der Waals surface area contributed by atoms with Gasteiger partial charge in [0, 0.05) is 0 Å². The van der Waals surface area contributed by atoms with E-state index in [1.54, 1.807) is 0 Å². The van der Waals surface area contributed by atoms with E-state index in [0.29, 0.717) is 6.08 Å². The van der Waals surface area contributed by atoms with E-state index in [4.69, 9.17) is 0 Å². The van der Waals surface area contributed by atoms with Gasteiger partial charge in [-0.1, -0.05) is 0 Å². The standard InChI is InChI=1S/C5H8AsF3/c1-6(2)4-3-5(7,8)9/h3-4H,1-2H3/b4-3-. The number of halogens is 3. The maximum absolute atomic E-state index is 11.4. The van der Waals surface area contributed by atoms with Crippen LogP contribution in [-0.4, -0.2) is 20.8 Å². The summed E-state index contributed by atoms with van der Waals surface area (Å²) in [5.74, 6) is 0. The number of alkyl halides is 3. The topological polar surface area (TPSA) is 0 Å². The van der Waals surface area contributed by atoms with Crippen molar-refractivity contribution in [2.45, 2.75) is 17.6 Å². The fraction of sp³-hybridized carbons (Fsp3) is 0.600. The third-order valence-corrected chi connectivity index (χ3v) is 2.13. The van der Waals surface area contributed by atoms with Crippen LogP contribution >= 0.6 is 0 Å². The van der Waals surface area contributed by atoms with Crippen LogP contribution in [-0.2, 0) is 0 Å². The average molecular weight is 200 g/mol. The SMILES string of the molecule is C[As](C)/C=C\C(F)(F)F. The Hall–Kier alpha value is 0.0884. The fourth-order valence-corrected chi connectivity index (χ4v) is 1.21. The minimum absolute atomic E-state index is 0.326. The van der Waals surface area contributed by atoms with Crippen LogP contribution in [0.1, 0.15) is 0 Å². The van der Waals surface area contributed by atoms with Gasteiger partial charge in [0.1, 0.15) is 0 Å². The Balaban J connectivity index is 3.71. The second-order valence-electron chi connectivity index (χ2n) is 1.82. The molecule has 54 valence electrons. The molecule has 0 rings (SSSR count). The molecular weight excluding hydrogens is 192 g/mol. The predicted molar refractivity (Wildman–Crippen MR) is 32.7 cm³/mol. The van der Waals surface area contributed by atoms with Gasteiger partial charge in [-0.3, -0.25) is 0 Å². The molecule has 0 nitrogen and oxygen atoms in total. The van der Waals surface area contributed by atoms with Crippen molar-refractivity contribution in [1.82, 2.24) is 0 Å². The van der Waals surface area contributed by atoms with Gasteiger partial charge in [0.05, 0.1) is 0 Å². The zero-order chi connectivity index (χ0) is 7.49. The molecule has 4 heteroatoms. The van der Waals surface area contributed by atoms with E-state index < -0.39 is 20.8 Å². The summed E-state index contributed by atoms with van der Waals surface area (Å²) in [6.07, 6.45) is -3.79. The van der Waals surface area contributed by atoms with Crippen LogP contribution in [0.2, 0.25) is 11.4 Å². The third-order valence-electron chi connectivity index (χ3n) is 0.562. The Labute approximate surface area is 57.0 Å². The van der Waals surface area contributed by atoms with Gasteiger partial charge in [-0.2, -0.15) is 0 Å². The normalized spacial score (nSPS) is 13.6. The van der Waals surface area contributed by atoms with Crippen molar-refractivity contribution in [3.05, 3.63) is 10.9 Å². The molecule has 0 radical (unpaired) electrons. The van der Waals surface area contributed by atoms with Gasteiger partial charge < -0.3 is 0 Å². The second-order valence-corrected chi connectivity index (χ2v) is 6.49. The molecule has 0 aliphatic heterocycles. The van der Waals surface area contributed by atoms with Gasteiger partial charge in [0.2, 0.25) is 0 Å². The molecule has 0 fully saturated rings. The first-order chi connectivity index (χ1) is 3.92. The maximum atomic E-state index is 11.4.